The van der Waals surface area contributed by atoms with Gasteiger partial charge in [-0.1, -0.05) is 0 Å². The Morgan fingerprint density at radius 3 is 2.17 bits per heavy atom. The van der Waals surface area contributed by atoms with Gasteiger partial charge < -0.3 is 4.90 Å². The second-order valence-electron chi connectivity index (χ2n) is 3.57. The molecule has 0 bridgehead atoms. The van der Waals surface area contributed by atoms with Gasteiger partial charge in [-0.2, -0.15) is 13.2 Å². The van der Waals surface area contributed by atoms with Gasteiger partial charge in [-0.3, -0.25) is 0 Å². The van der Waals surface area contributed by atoms with E-state index in [0.29, 0.717) is 12.8 Å². The lowest BCUT2D eigenvalue weighted by Gasteiger charge is -2.29. The second-order valence-corrected chi connectivity index (χ2v) is 3.57. The molecule has 1 fully saturated rings. The van der Waals surface area contributed by atoms with Crippen LogP contribution in [0, 0.1) is 5.92 Å². The third-order valence-electron chi connectivity index (χ3n) is 2.36. The first-order chi connectivity index (χ1) is 5.47. The zero-order valence-corrected chi connectivity index (χ0v) is 7.19. The van der Waals surface area contributed by atoms with Crippen molar-refractivity contribution in [3.05, 3.63) is 0 Å². The van der Waals surface area contributed by atoms with E-state index in [-0.39, 0.29) is 5.92 Å². The number of nitrogens with zero attached hydrogens (tertiary/aromatic N) is 1. The van der Waals surface area contributed by atoms with Gasteiger partial charge in [0.1, 0.15) is 0 Å². The fraction of sp³-hybridized carbons (Fsp3) is 1.00. The Labute approximate surface area is 70.5 Å². The van der Waals surface area contributed by atoms with Crippen molar-refractivity contribution in [2.24, 2.45) is 5.92 Å². The van der Waals surface area contributed by atoms with Crippen molar-refractivity contribution in [3.63, 3.8) is 0 Å². The largest absolute Gasteiger partial charge is 0.389 e. The number of hydrogen-bond donors (Lipinski definition) is 0. The average Bonchev–Trinajstić information content (AvgIpc) is 1.91. The Morgan fingerprint density at radius 1 is 1.25 bits per heavy atom. The van der Waals surface area contributed by atoms with E-state index in [9.17, 15) is 13.2 Å². The second kappa shape index (κ2) is 3.64. The number of hydrogen-bond acceptors (Lipinski definition) is 1. The fourth-order valence-corrected chi connectivity index (χ4v) is 1.59. The molecular formula is C8H14F3N. The van der Waals surface area contributed by atoms with Crippen LogP contribution in [0.4, 0.5) is 13.2 Å². The smallest absolute Gasteiger partial charge is 0.306 e. The molecule has 1 rings (SSSR count). The van der Waals surface area contributed by atoms with Gasteiger partial charge in [0.15, 0.2) is 0 Å². The van der Waals surface area contributed by atoms with Gasteiger partial charge >= 0.3 is 6.18 Å². The molecule has 1 aliphatic rings. The lowest BCUT2D eigenvalue weighted by molar-refractivity contribution is -0.147. The first kappa shape index (κ1) is 9.84. The number of piperidine rings is 1. The van der Waals surface area contributed by atoms with E-state index in [1.54, 1.807) is 0 Å². The molecule has 0 spiro atoms. The van der Waals surface area contributed by atoms with Gasteiger partial charge in [-0.05, 0) is 38.9 Å². The molecule has 0 unspecified atom stereocenters. The minimum Gasteiger partial charge on any atom is -0.306 e. The molecule has 4 heteroatoms. The Hall–Kier alpha value is -0.250. The maximum atomic E-state index is 11.9. The first-order valence-electron chi connectivity index (χ1n) is 4.22. The molecule has 0 atom stereocenters. The highest BCUT2D eigenvalue weighted by molar-refractivity contribution is 4.72. The quantitative estimate of drug-likeness (QED) is 0.600. The summed E-state index contributed by atoms with van der Waals surface area (Å²) in [6.45, 7) is 1.61. The molecule has 1 saturated heterocycles. The highest BCUT2D eigenvalue weighted by atomic mass is 19.4. The maximum Gasteiger partial charge on any atom is 0.389 e. The standard InChI is InChI=1S/C8H14F3N/c1-12-4-2-7(3-5-12)6-8(9,10)11/h7H,2-6H2,1H3. The minimum absolute atomic E-state index is 0.138. The van der Waals surface area contributed by atoms with E-state index >= 15 is 0 Å². The van der Waals surface area contributed by atoms with Crippen molar-refractivity contribution in [1.82, 2.24) is 4.90 Å². The zero-order chi connectivity index (χ0) is 9.19. The molecule has 0 aromatic carbocycles. The average molecular weight is 181 g/mol. The van der Waals surface area contributed by atoms with Gasteiger partial charge in [0.2, 0.25) is 0 Å². The number of likely N-dealkylation sites (tertiary alicyclic amines) is 1. The molecule has 12 heavy (non-hydrogen) atoms. The fourth-order valence-electron chi connectivity index (χ4n) is 1.59. The molecule has 0 amide bonds. The van der Waals surface area contributed by atoms with Crippen LogP contribution in [0.15, 0.2) is 0 Å². The summed E-state index contributed by atoms with van der Waals surface area (Å²) in [6.07, 6.45) is -3.19. The van der Waals surface area contributed by atoms with E-state index < -0.39 is 12.6 Å². The van der Waals surface area contributed by atoms with Crippen molar-refractivity contribution < 1.29 is 13.2 Å². The normalized spacial score (nSPS) is 23.0. The van der Waals surface area contributed by atoms with Crippen LogP contribution < -0.4 is 0 Å². The molecule has 0 aromatic rings. The summed E-state index contributed by atoms with van der Waals surface area (Å²) in [4.78, 5) is 2.08. The summed E-state index contributed by atoms with van der Waals surface area (Å²) in [5.74, 6) is -0.138. The molecule has 1 heterocycles. The van der Waals surface area contributed by atoms with Gasteiger partial charge in [0, 0.05) is 6.42 Å². The lowest BCUT2D eigenvalue weighted by atomic mass is 9.94. The van der Waals surface area contributed by atoms with E-state index in [0.717, 1.165) is 13.1 Å². The molecule has 1 aliphatic heterocycles. The number of rotatable bonds is 1. The van der Waals surface area contributed by atoms with Crippen LogP contribution in [-0.2, 0) is 0 Å². The molecule has 1 nitrogen and oxygen atoms in total. The molecule has 0 aliphatic carbocycles. The van der Waals surface area contributed by atoms with Crippen LogP contribution in [0.2, 0.25) is 0 Å². The lowest BCUT2D eigenvalue weighted by Crippen LogP contribution is -2.32. The summed E-state index contributed by atoms with van der Waals surface area (Å²) >= 11 is 0. The molecule has 72 valence electrons. The molecule has 0 saturated carbocycles. The summed E-state index contributed by atoms with van der Waals surface area (Å²) in [7, 11) is 1.95. The van der Waals surface area contributed by atoms with Crippen molar-refractivity contribution >= 4 is 0 Å². The van der Waals surface area contributed by atoms with Gasteiger partial charge in [-0.15, -0.1) is 0 Å². The van der Waals surface area contributed by atoms with Crippen molar-refractivity contribution in [2.75, 3.05) is 20.1 Å². The molecule has 0 N–H and O–H groups in total. The summed E-state index contributed by atoms with van der Waals surface area (Å²) in [5.41, 5.74) is 0. The predicted octanol–water partition coefficient (Wildman–Crippen LogP) is 2.28. The third-order valence-corrected chi connectivity index (χ3v) is 2.36. The monoisotopic (exact) mass is 181 g/mol. The van der Waals surface area contributed by atoms with E-state index in [1.165, 1.54) is 0 Å². The minimum atomic E-state index is -3.97. The van der Waals surface area contributed by atoms with Crippen molar-refractivity contribution in [2.45, 2.75) is 25.4 Å². The van der Waals surface area contributed by atoms with Gasteiger partial charge in [0.05, 0.1) is 0 Å². The Bertz CT molecular complexity index is 136. The Kier molecular flexibility index (Phi) is 2.99. The van der Waals surface area contributed by atoms with Crippen molar-refractivity contribution in [1.29, 1.82) is 0 Å². The van der Waals surface area contributed by atoms with Crippen molar-refractivity contribution in [3.8, 4) is 0 Å². The molecule has 0 aromatic heterocycles. The van der Waals surface area contributed by atoms with E-state index in [4.69, 9.17) is 0 Å². The van der Waals surface area contributed by atoms with Crippen LogP contribution in [0.5, 0.6) is 0 Å². The Balaban J connectivity index is 2.26. The Morgan fingerprint density at radius 2 is 1.75 bits per heavy atom. The highest BCUT2D eigenvalue weighted by Gasteiger charge is 2.32. The summed E-state index contributed by atoms with van der Waals surface area (Å²) in [6, 6.07) is 0. The predicted molar refractivity (Wildman–Crippen MR) is 40.9 cm³/mol. The topological polar surface area (TPSA) is 3.24 Å². The number of alkyl halides is 3. The molecular weight excluding hydrogens is 167 g/mol. The first-order valence-corrected chi connectivity index (χ1v) is 4.22. The maximum absolute atomic E-state index is 11.9. The van der Waals surface area contributed by atoms with Crippen LogP contribution in [-0.4, -0.2) is 31.2 Å². The third kappa shape index (κ3) is 3.43. The van der Waals surface area contributed by atoms with Crippen LogP contribution in [0.1, 0.15) is 19.3 Å². The zero-order valence-electron chi connectivity index (χ0n) is 7.19. The van der Waals surface area contributed by atoms with Gasteiger partial charge in [0.25, 0.3) is 0 Å². The van der Waals surface area contributed by atoms with E-state index in [2.05, 4.69) is 4.90 Å². The van der Waals surface area contributed by atoms with Crippen LogP contribution in [0.3, 0.4) is 0 Å². The molecule has 0 radical (unpaired) electrons. The highest BCUT2D eigenvalue weighted by Crippen LogP contribution is 2.30. The number of halogens is 3. The summed E-state index contributed by atoms with van der Waals surface area (Å²) < 4.78 is 35.8. The van der Waals surface area contributed by atoms with Gasteiger partial charge in [-0.25, -0.2) is 0 Å². The van der Waals surface area contributed by atoms with Crippen LogP contribution >= 0.6 is 0 Å². The van der Waals surface area contributed by atoms with Crippen LogP contribution in [0.25, 0.3) is 0 Å². The summed E-state index contributed by atoms with van der Waals surface area (Å²) in [5, 5.41) is 0. The van der Waals surface area contributed by atoms with E-state index in [1.807, 2.05) is 7.05 Å². The SMILES string of the molecule is CN1CCC(CC(F)(F)F)CC1.